The van der Waals surface area contributed by atoms with Crippen molar-refractivity contribution >= 4 is 29.3 Å². The summed E-state index contributed by atoms with van der Waals surface area (Å²) in [7, 11) is 0. The lowest BCUT2D eigenvalue weighted by Gasteiger charge is -2.15. The molecule has 17 heavy (non-hydrogen) atoms. The summed E-state index contributed by atoms with van der Waals surface area (Å²) in [4.78, 5) is 23.0. The lowest BCUT2D eigenvalue weighted by molar-refractivity contribution is -0.144. The van der Waals surface area contributed by atoms with E-state index in [4.69, 9.17) is 10.2 Å². The minimum Gasteiger partial charge on any atom is -0.480 e. The van der Waals surface area contributed by atoms with Crippen molar-refractivity contribution in [1.82, 2.24) is 5.32 Å². The number of carbonyl (C=O) groups excluding carboxylic acids is 1. The van der Waals surface area contributed by atoms with E-state index in [9.17, 15) is 9.59 Å². The quantitative estimate of drug-likeness (QED) is 0.676. The lowest BCUT2D eigenvalue weighted by Crippen LogP contribution is -2.47. The van der Waals surface area contributed by atoms with Gasteiger partial charge in [-0.2, -0.15) is 0 Å². The van der Waals surface area contributed by atoms with Gasteiger partial charge in [0.2, 0.25) is 5.91 Å². The van der Waals surface area contributed by atoms with Crippen LogP contribution in [0, 0.1) is 0 Å². The number of thiophene rings is 1. The molecule has 0 spiro atoms. The number of amides is 1. The van der Waals surface area contributed by atoms with Crippen molar-refractivity contribution in [2.24, 2.45) is 0 Å². The van der Waals surface area contributed by atoms with E-state index >= 15 is 0 Å². The second kappa shape index (κ2) is 6.17. The molecule has 2 atom stereocenters. The van der Waals surface area contributed by atoms with Crippen LogP contribution in [0.25, 0.3) is 6.08 Å². The highest BCUT2D eigenvalue weighted by Crippen LogP contribution is 2.09. The van der Waals surface area contributed by atoms with Gasteiger partial charge in [-0.15, -0.1) is 11.3 Å². The molecule has 3 N–H and O–H groups in total. The van der Waals surface area contributed by atoms with Crippen molar-refractivity contribution in [3.05, 3.63) is 28.5 Å². The van der Waals surface area contributed by atoms with Gasteiger partial charge in [0.05, 0.1) is 6.10 Å². The Balaban J connectivity index is 2.56. The third-order valence-electron chi connectivity index (χ3n) is 1.99. The lowest BCUT2D eigenvalue weighted by atomic mass is 10.2. The van der Waals surface area contributed by atoms with E-state index < -0.39 is 24.0 Å². The summed E-state index contributed by atoms with van der Waals surface area (Å²) in [6.45, 7) is 1.31. The van der Waals surface area contributed by atoms with Gasteiger partial charge in [0.1, 0.15) is 0 Å². The van der Waals surface area contributed by atoms with Gasteiger partial charge in [-0.1, -0.05) is 6.07 Å². The van der Waals surface area contributed by atoms with Crippen LogP contribution in [-0.4, -0.2) is 34.2 Å². The highest BCUT2D eigenvalue weighted by Gasteiger charge is 2.23. The van der Waals surface area contributed by atoms with Gasteiger partial charge in [0, 0.05) is 11.0 Å². The molecule has 0 saturated carbocycles. The molecule has 5 nitrogen and oxygen atoms in total. The van der Waals surface area contributed by atoms with Crippen molar-refractivity contribution in [1.29, 1.82) is 0 Å². The zero-order chi connectivity index (χ0) is 12.8. The maximum Gasteiger partial charge on any atom is 0.328 e. The van der Waals surface area contributed by atoms with Crippen LogP contribution in [0.3, 0.4) is 0 Å². The van der Waals surface area contributed by atoms with Gasteiger partial charge in [-0.25, -0.2) is 4.79 Å². The number of hydrogen-bond acceptors (Lipinski definition) is 4. The summed E-state index contributed by atoms with van der Waals surface area (Å²) in [5, 5.41) is 22.0. The Bertz CT molecular complexity index is 411. The molecule has 0 bridgehead atoms. The second-order valence-electron chi connectivity index (χ2n) is 3.41. The largest absolute Gasteiger partial charge is 0.480 e. The number of aliphatic hydroxyl groups excluding tert-OH is 1. The standard InChI is InChI=1S/C11H13NO4S/c1-7(13)10(11(15)16)12-9(14)5-4-8-3-2-6-17-8/h2-7,10,13H,1H3,(H,12,14)(H,15,16)/b5-4+/t7-,10+/m1/s1. The molecular weight excluding hydrogens is 242 g/mol. The summed E-state index contributed by atoms with van der Waals surface area (Å²) < 4.78 is 0. The predicted molar refractivity (Wildman–Crippen MR) is 64.6 cm³/mol. The van der Waals surface area contributed by atoms with Gasteiger partial charge in [0.15, 0.2) is 6.04 Å². The van der Waals surface area contributed by atoms with Crippen molar-refractivity contribution in [3.8, 4) is 0 Å². The number of carbonyl (C=O) groups is 2. The Labute approximate surface area is 102 Å². The van der Waals surface area contributed by atoms with E-state index in [0.717, 1.165) is 4.88 Å². The first-order chi connectivity index (χ1) is 8.00. The van der Waals surface area contributed by atoms with E-state index in [1.165, 1.54) is 24.3 Å². The molecular formula is C11H13NO4S. The van der Waals surface area contributed by atoms with E-state index in [1.807, 2.05) is 17.5 Å². The molecule has 0 fully saturated rings. The molecule has 0 saturated heterocycles. The normalized spacial score (nSPS) is 14.5. The Kier molecular flexibility index (Phi) is 4.86. The maximum absolute atomic E-state index is 11.4. The van der Waals surface area contributed by atoms with E-state index in [-0.39, 0.29) is 0 Å². The van der Waals surface area contributed by atoms with Gasteiger partial charge in [-0.05, 0) is 24.4 Å². The summed E-state index contributed by atoms with van der Waals surface area (Å²) >= 11 is 1.46. The van der Waals surface area contributed by atoms with Gasteiger partial charge in [-0.3, -0.25) is 4.79 Å². The Hall–Kier alpha value is -1.66. The molecule has 0 aliphatic heterocycles. The molecule has 1 aromatic heterocycles. The number of carboxylic acid groups (broad SMARTS) is 1. The fourth-order valence-corrected chi connectivity index (χ4v) is 1.75. The Morgan fingerprint density at radius 1 is 1.53 bits per heavy atom. The van der Waals surface area contributed by atoms with Gasteiger partial charge < -0.3 is 15.5 Å². The Morgan fingerprint density at radius 2 is 2.24 bits per heavy atom. The topological polar surface area (TPSA) is 86.6 Å². The molecule has 1 amide bonds. The third-order valence-corrected chi connectivity index (χ3v) is 2.83. The molecule has 0 unspecified atom stereocenters. The molecule has 0 aliphatic rings. The van der Waals surface area contributed by atoms with E-state index in [1.54, 1.807) is 6.08 Å². The summed E-state index contributed by atoms with van der Waals surface area (Å²) in [5.74, 6) is -1.82. The van der Waals surface area contributed by atoms with Crippen LogP contribution in [0.1, 0.15) is 11.8 Å². The fourth-order valence-electron chi connectivity index (χ4n) is 1.13. The first kappa shape index (κ1) is 13.4. The van der Waals surface area contributed by atoms with Crippen LogP contribution in [0.4, 0.5) is 0 Å². The molecule has 6 heteroatoms. The number of nitrogens with one attached hydrogen (secondary N) is 1. The third kappa shape index (κ3) is 4.38. The van der Waals surface area contributed by atoms with Crippen LogP contribution in [0.2, 0.25) is 0 Å². The number of hydrogen-bond donors (Lipinski definition) is 3. The van der Waals surface area contributed by atoms with Crippen LogP contribution < -0.4 is 5.32 Å². The average Bonchev–Trinajstić information content (AvgIpc) is 2.74. The molecule has 1 aromatic rings. The van der Waals surface area contributed by atoms with Gasteiger partial charge >= 0.3 is 5.97 Å². The zero-order valence-corrected chi connectivity index (χ0v) is 9.98. The summed E-state index contributed by atoms with van der Waals surface area (Å²) in [6.07, 6.45) is 1.68. The monoisotopic (exact) mass is 255 g/mol. The average molecular weight is 255 g/mol. The molecule has 1 rings (SSSR count). The maximum atomic E-state index is 11.4. The first-order valence-corrected chi connectivity index (χ1v) is 5.81. The van der Waals surface area contributed by atoms with Crippen molar-refractivity contribution in [2.45, 2.75) is 19.1 Å². The molecule has 92 valence electrons. The number of rotatable bonds is 5. The van der Waals surface area contributed by atoms with Gasteiger partial charge in [0.25, 0.3) is 0 Å². The molecule has 0 aliphatic carbocycles. The highest BCUT2D eigenvalue weighted by molar-refractivity contribution is 7.10. The van der Waals surface area contributed by atoms with Crippen molar-refractivity contribution in [2.75, 3.05) is 0 Å². The number of carboxylic acids is 1. The van der Waals surface area contributed by atoms with Crippen LogP contribution in [0.5, 0.6) is 0 Å². The minimum absolute atomic E-state index is 0.549. The fraction of sp³-hybridized carbons (Fsp3) is 0.273. The molecule has 1 heterocycles. The van der Waals surface area contributed by atoms with E-state index in [2.05, 4.69) is 5.32 Å². The minimum atomic E-state index is -1.30. The summed E-state index contributed by atoms with van der Waals surface area (Å²) in [5.41, 5.74) is 0. The van der Waals surface area contributed by atoms with Crippen molar-refractivity contribution < 1.29 is 19.8 Å². The highest BCUT2D eigenvalue weighted by atomic mass is 32.1. The second-order valence-corrected chi connectivity index (χ2v) is 4.39. The SMILES string of the molecule is C[C@@H](O)[C@H](NC(=O)/C=C/c1cccs1)C(=O)O. The molecule has 0 radical (unpaired) electrons. The Morgan fingerprint density at radius 3 is 2.71 bits per heavy atom. The summed E-state index contributed by atoms with van der Waals surface area (Å²) in [6, 6.07) is 2.38. The molecule has 0 aromatic carbocycles. The number of aliphatic carboxylic acids is 1. The van der Waals surface area contributed by atoms with E-state index in [0.29, 0.717) is 0 Å². The predicted octanol–water partition coefficient (Wildman–Crippen LogP) is 0.712. The number of aliphatic hydroxyl groups is 1. The van der Waals surface area contributed by atoms with Crippen molar-refractivity contribution in [3.63, 3.8) is 0 Å². The van der Waals surface area contributed by atoms with Crippen LogP contribution in [0.15, 0.2) is 23.6 Å². The zero-order valence-electron chi connectivity index (χ0n) is 9.16. The smallest absolute Gasteiger partial charge is 0.328 e. The first-order valence-electron chi connectivity index (χ1n) is 4.93. The van der Waals surface area contributed by atoms with Crippen LogP contribution in [-0.2, 0) is 9.59 Å². The van der Waals surface area contributed by atoms with Crippen LogP contribution >= 0.6 is 11.3 Å².